The van der Waals surface area contributed by atoms with Crippen LogP contribution >= 0.6 is 11.6 Å². The van der Waals surface area contributed by atoms with Crippen molar-refractivity contribution in [3.63, 3.8) is 0 Å². The van der Waals surface area contributed by atoms with Crippen LogP contribution in [-0.4, -0.2) is 29.3 Å². The van der Waals surface area contributed by atoms with Gasteiger partial charge in [0.15, 0.2) is 0 Å². The molecule has 1 heterocycles. The van der Waals surface area contributed by atoms with E-state index in [0.29, 0.717) is 23.5 Å². The Hall–Kier alpha value is -0.870. The molecule has 102 valence electrons. The first-order valence-electron chi connectivity index (χ1n) is 6.10. The van der Waals surface area contributed by atoms with E-state index in [1.54, 1.807) is 7.11 Å². The molecular weight excluding hydrogens is 252 g/mol. The van der Waals surface area contributed by atoms with Crippen LogP contribution in [0.1, 0.15) is 38.6 Å². The number of rotatable bonds is 6. The SMILES string of the molecule is CCc1nc(Cl)c(C)c(OCCC(C)(C)OC)n1. The van der Waals surface area contributed by atoms with Crippen LogP contribution in [0.2, 0.25) is 5.15 Å². The van der Waals surface area contributed by atoms with Crippen LogP contribution < -0.4 is 4.74 Å². The number of methoxy groups -OCH3 is 1. The van der Waals surface area contributed by atoms with Crippen LogP contribution in [0, 0.1) is 6.92 Å². The van der Waals surface area contributed by atoms with Crippen molar-refractivity contribution < 1.29 is 9.47 Å². The van der Waals surface area contributed by atoms with Crippen molar-refractivity contribution in [2.24, 2.45) is 0 Å². The lowest BCUT2D eigenvalue weighted by Gasteiger charge is -2.22. The van der Waals surface area contributed by atoms with E-state index in [1.165, 1.54) is 0 Å². The number of aryl methyl sites for hydroxylation is 1. The average Bonchev–Trinajstić information content (AvgIpc) is 2.34. The maximum absolute atomic E-state index is 6.04. The molecule has 0 unspecified atom stereocenters. The van der Waals surface area contributed by atoms with Crippen LogP contribution in [0.15, 0.2) is 0 Å². The van der Waals surface area contributed by atoms with E-state index in [4.69, 9.17) is 21.1 Å². The Morgan fingerprint density at radius 2 is 1.94 bits per heavy atom. The fraction of sp³-hybridized carbons (Fsp3) is 0.692. The van der Waals surface area contributed by atoms with E-state index in [0.717, 1.165) is 18.4 Å². The van der Waals surface area contributed by atoms with Crippen molar-refractivity contribution in [3.05, 3.63) is 16.5 Å². The molecule has 0 saturated carbocycles. The van der Waals surface area contributed by atoms with Crippen molar-refractivity contribution in [1.29, 1.82) is 0 Å². The zero-order valence-electron chi connectivity index (χ0n) is 11.7. The van der Waals surface area contributed by atoms with Crippen LogP contribution in [-0.2, 0) is 11.2 Å². The third kappa shape index (κ3) is 4.10. The highest BCUT2D eigenvalue weighted by Crippen LogP contribution is 2.23. The summed E-state index contributed by atoms with van der Waals surface area (Å²) in [5.74, 6) is 1.27. The van der Waals surface area contributed by atoms with Gasteiger partial charge in [-0.05, 0) is 20.8 Å². The topological polar surface area (TPSA) is 44.2 Å². The summed E-state index contributed by atoms with van der Waals surface area (Å²) in [6.07, 6.45) is 1.52. The average molecular weight is 273 g/mol. The second-order valence-electron chi connectivity index (χ2n) is 4.78. The van der Waals surface area contributed by atoms with Crippen molar-refractivity contribution >= 4 is 11.6 Å². The highest BCUT2D eigenvalue weighted by molar-refractivity contribution is 6.30. The number of hydrogen-bond acceptors (Lipinski definition) is 4. The van der Waals surface area contributed by atoms with Crippen LogP contribution in [0.5, 0.6) is 5.88 Å². The summed E-state index contributed by atoms with van der Waals surface area (Å²) in [5.41, 5.74) is 0.585. The third-order valence-electron chi connectivity index (χ3n) is 2.90. The summed E-state index contributed by atoms with van der Waals surface area (Å²) < 4.78 is 11.0. The van der Waals surface area contributed by atoms with Crippen LogP contribution in [0.25, 0.3) is 0 Å². The van der Waals surface area contributed by atoms with Crippen molar-refractivity contribution in [2.75, 3.05) is 13.7 Å². The van der Waals surface area contributed by atoms with Gasteiger partial charge in [-0.1, -0.05) is 18.5 Å². The molecule has 18 heavy (non-hydrogen) atoms. The first-order valence-corrected chi connectivity index (χ1v) is 6.48. The van der Waals surface area contributed by atoms with Gasteiger partial charge in [-0.3, -0.25) is 0 Å². The first-order chi connectivity index (χ1) is 8.39. The zero-order chi connectivity index (χ0) is 13.8. The molecule has 1 rings (SSSR count). The van der Waals surface area contributed by atoms with E-state index in [-0.39, 0.29) is 5.60 Å². The summed E-state index contributed by atoms with van der Waals surface area (Å²) in [4.78, 5) is 8.51. The highest BCUT2D eigenvalue weighted by Gasteiger charge is 2.17. The van der Waals surface area contributed by atoms with Gasteiger partial charge >= 0.3 is 0 Å². The molecule has 0 atom stereocenters. The highest BCUT2D eigenvalue weighted by atomic mass is 35.5. The molecule has 0 aromatic carbocycles. The molecule has 1 aromatic heterocycles. The van der Waals surface area contributed by atoms with E-state index in [9.17, 15) is 0 Å². The lowest BCUT2D eigenvalue weighted by molar-refractivity contribution is 0.00499. The molecule has 0 fully saturated rings. The molecule has 0 bridgehead atoms. The number of hydrogen-bond donors (Lipinski definition) is 0. The van der Waals surface area contributed by atoms with Crippen molar-refractivity contribution in [1.82, 2.24) is 9.97 Å². The number of halogens is 1. The van der Waals surface area contributed by atoms with Gasteiger partial charge in [-0.25, -0.2) is 4.98 Å². The Morgan fingerprint density at radius 3 is 2.50 bits per heavy atom. The van der Waals surface area contributed by atoms with Gasteiger partial charge in [0.2, 0.25) is 5.88 Å². The largest absolute Gasteiger partial charge is 0.477 e. The van der Waals surface area contributed by atoms with E-state index in [1.807, 2.05) is 27.7 Å². The van der Waals surface area contributed by atoms with Gasteiger partial charge in [0, 0.05) is 25.5 Å². The number of ether oxygens (including phenoxy) is 2. The predicted octanol–water partition coefficient (Wildman–Crippen LogP) is 3.19. The minimum absolute atomic E-state index is 0.196. The monoisotopic (exact) mass is 272 g/mol. The van der Waals surface area contributed by atoms with Crippen LogP contribution in [0.4, 0.5) is 0 Å². The third-order valence-corrected chi connectivity index (χ3v) is 3.27. The Bertz CT molecular complexity index is 408. The predicted molar refractivity (Wildman–Crippen MR) is 72.4 cm³/mol. The smallest absolute Gasteiger partial charge is 0.221 e. The van der Waals surface area contributed by atoms with Crippen molar-refractivity contribution in [3.8, 4) is 5.88 Å². The fourth-order valence-electron chi connectivity index (χ4n) is 1.31. The molecule has 0 aliphatic heterocycles. The summed E-state index contributed by atoms with van der Waals surface area (Å²) in [6, 6.07) is 0. The summed E-state index contributed by atoms with van der Waals surface area (Å²) in [7, 11) is 1.70. The lowest BCUT2D eigenvalue weighted by Crippen LogP contribution is -2.25. The molecule has 0 spiro atoms. The fourth-order valence-corrected chi connectivity index (χ4v) is 1.48. The van der Waals surface area contributed by atoms with E-state index < -0.39 is 0 Å². The molecule has 0 radical (unpaired) electrons. The molecule has 1 aromatic rings. The van der Waals surface area contributed by atoms with Gasteiger partial charge in [0.25, 0.3) is 0 Å². The van der Waals surface area contributed by atoms with E-state index >= 15 is 0 Å². The Labute approximate surface area is 114 Å². The molecule has 0 amide bonds. The second kappa shape index (κ2) is 6.34. The normalized spacial score (nSPS) is 11.7. The minimum atomic E-state index is -0.196. The molecule has 4 nitrogen and oxygen atoms in total. The summed E-state index contributed by atoms with van der Waals surface area (Å²) >= 11 is 6.04. The molecule has 0 aliphatic rings. The first kappa shape index (κ1) is 15.2. The van der Waals surface area contributed by atoms with Gasteiger partial charge in [0.1, 0.15) is 11.0 Å². The number of aromatic nitrogens is 2. The van der Waals surface area contributed by atoms with Crippen LogP contribution in [0.3, 0.4) is 0 Å². The molecule has 5 heteroatoms. The quantitative estimate of drug-likeness (QED) is 0.746. The molecular formula is C13H21ClN2O2. The minimum Gasteiger partial charge on any atom is -0.477 e. The summed E-state index contributed by atoms with van der Waals surface area (Å²) in [5, 5.41) is 0.461. The van der Waals surface area contributed by atoms with Gasteiger partial charge < -0.3 is 9.47 Å². The van der Waals surface area contributed by atoms with Gasteiger partial charge in [-0.2, -0.15) is 4.98 Å². The lowest BCUT2D eigenvalue weighted by atomic mass is 10.1. The zero-order valence-corrected chi connectivity index (χ0v) is 12.5. The molecule has 0 N–H and O–H groups in total. The summed E-state index contributed by atoms with van der Waals surface area (Å²) in [6.45, 7) is 8.43. The number of nitrogens with zero attached hydrogens (tertiary/aromatic N) is 2. The second-order valence-corrected chi connectivity index (χ2v) is 5.13. The Kier molecular flexibility index (Phi) is 5.35. The molecule has 0 aliphatic carbocycles. The molecule has 0 saturated heterocycles. The van der Waals surface area contributed by atoms with Gasteiger partial charge in [0.05, 0.1) is 12.2 Å². The Morgan fingerprint density at radius 1 is 1.28 bits per heavy atom. The maximum atomic E-state index is 6.04. The Balaban J connectivity index is 2.70. The standard InChI is InChI=1S/C13H21ClN2O2/c1-6-10-15-11(14)9(2)12(16-10)18-8-7-13(3,4)17-5/h6-8H2,1-5H3. The van der Waals surface area contributed by atoms with E-state index in [2.05, 4.69) is 9.97 Å². The van der Waals surface area contributed by atoms with Gasteiger partial charge in [-0.15, -0.1) is 0 Å². The maximum Gasteiger partial charge on any atom is 0.221 e. The van der Waals surface area contributed by atoms with Crippen molar-refractivity contribution in [2.45, 2.75) is 46.1 Å².